The Labute approximate surface area is 111 Å². The van der Waals surface area contributed by atoms with Gasteiger partial charge in [0.25, 0.3) is 0 Å². The Kier molecular flexibility index (Phi) is 4.69. The first-order valence-electron chi connectivity index (χ1n) is 5.73. The molecule has 19 heavy (non-hydrogen) atoms. The first-order valence-corrected chi connectivity index (χ1v) is 5.73. The van der Waals surface area contributed by atoms with E-state index in [0.717, 1.165) is 16.7 Å². The molecule has 0 spiro atoms. The van der Waals surface area contributed by atoms with Gasteiger partial charge in [-0.05, 0) is 48.7 Å². The molecule has 0 heterocycles. The van der Waals surface area contributed by atoms with E-state index in [2.05, 4.69) is 10.1 Å². The molecule has 1 amide bonds. The molecule has 102 valence electrons. The average Bonchev–Trinajstić information content (AvgIpc) is 2.30. The summed E-state index contributed by atoms with van der Waals surface area (Å²) in [5.41, 5.74) is 2.41. The number of esters is 1. The molecular formula is C14H17NO4. The molecule has 2 N–H and O–H groups in total. The SMILES string of the molecule is COC(=O)/C(=C\c1c(C)cc(O)cc1C)NC(C)=O. The van der Waals surface area contributed by atoms with Crippen LogP contribution >= 0.6 is 0 Å². The largest absolute Gasteiger partial charge is 0.508 e. The molecule has 0 aliphatic heterocycles. The lowest BCUT2D eigenvalue weighted by molar-refractivity contribution is -0.137. The molecular weight excluding hydrogens is 246 g/mol. The van der Waals surface area contributed by atoms with E-state index in [1.54, 1.807) is 26.0 Å². The number of benzene rings is 1. The maximum absolute atomic E-state index is 11.6. The standard InChI is InChI=1S/C14H17NO4/c1-8-5-11(17)6-9(2)12(8)7-13(14(18)19-4)15-10(3)16/h5-7,17H,1-4H3,(H,15,16)/b13-7+. The third-order valence-electron chi connectivity index (χ3n) is 2.58. The van der Waals surface area contributed by atoms with Gasteiger partial charge in [0, 0.05) is 6.92 Å². The van der Waals surface area contributed by atoms with E-state index in [1.807, 2.05) is 0 Å². The zero-order valence-corrected chi connectivity index (χ0v) is 11.4. The molecule has 0 aromatic heterocycles. The van der Waals surface area contributed by atoms with E-state index in [-0.39, 0.29) is 17.4 Å². The second-order valence-electron chi connectivity index (χ2n) is 4.22. The summed E-state index contributed by atoms with van der Waals surface area (Å²) >= 11 is 0. The Morgan fingerprint density at radius 3 is 2.21 bits per heavy atom. The number of hydrogen-bond donors (Lipinski definition) is 2. The molecule has 1 aromatic carbocycles. The van der Waals surface area contributed by atoms with Crippen molar-refractivity contribution in [2.45, 2.75) is 20.8 Å². The summed E-state index contributed by atoms with van der Waals surface area (Å²) in [6.07, 6.45) is 1.54. The number of rotatable bonds is 3. The van der Waals surface area contributed by atoms with E-state index in [0.29, 0.717) is 0 Å². The highest BCUT2D eigenvalue weighted by Gasteiger charge is 2.13. The van der Waals surface area contributed by atoms with Crippen LogP contribution in [0.5, 0.6) is 5.75 Å². The Bertz CT molecular complexity index is 523. The zero-order chi connectivity index (χ0) is 14.6. The number of aromatic hydroxyl groups is 1. The monoisotopic (exact) mass is 263 g/mol. The van der Waals surface area contributed by atoms with Crippen molar-refractivity contribution >= 4 is 18.0 Å². The van der Waals surface area contributed by atoms with Gasteiger partial charge in [0.05, 0.1) is 7.11 Å². The van der Waals surface area contributed by atoms with Crippen molar-refractivity contribution in [1.29, 1.82) is 0 Å². The van der Waals surface area contributed by atoms with Gasteiger partial charge in [-0.1, -0.05) is 0 Å². The number of aryl methyl sites for hydroxylation is 2. The molecule has 0 saturated heterocycles. The minimum Gasteiger partial charge on any atom is -0.508 e. The molecule has 0 bridgehead atoms. The molecule has 0 atom stereocenters. The number of methoxy groups -OCH3 is 1. The van der Waals surface area contributed by atoms with E-state index in [9.17, 15) is 14.7 Å². The fourth-order valence-corrected chi connectivity index (χ4v) is 1.77. The number of carbonyl (C=O) groups excluding carboxylic acids is 2. The number of nitrogens with one attached hydrogen (secondary N) is 1. The normalized spacial score (nSPS) is 11.1. The van der Waals surface area contributed by atoms with Crippen LogP contribution in [0.1, 0.15) is 23.6 Å². The van der Waals surface area contributed by atoms with E-state index in [4.69, 9.17) is 0 Å². The molecule has 0 saturated carbocycles. The van der Waals surface area contributed by atoms with E-state index < -0.39 is 5.97 Å². The lowest BCUT2D eigenvalue weighted by Gasteiger charge is -2.10. The van der Waals surface area contributed by atoms with Crippen molar-refractivity contribution in [2.24, 2.45) is 0 Å². The fourth-order valence-electron chi connectivity index (χ4n) is 1.77. The smallest absolute Gasteiger partial charge is 0.354 e. The van der Waals surface area contributed by atoms with Crippen LogP contribution in [0.4, 0.5) is 0 Å². The third kappa shape index (κ3) is 3.84. The first-order chi connectivity index (χ1) is 8.85. The van der Waals surface area contributed by atoms with Crippen molar-refractivity contribution in [3.05, 3.63) is 34.5 Å². The molecule has 0 fully saturated rings. The molecule has 0 aliphatic carbocycles. The van der Waals surface area contributed by atoms with Crippen LogP contribution < -0.4 is 5.32 Å². The van der Waals surface area contributed by atoms with Crippen molar-refractivity contribution in [3.8, 4) is 5.75 Å². The minimum atomic E-state index is -0.623. The van der Waals surface area contributed by atoms with Crippen molar-refractivity contribution < 1.29 is 19.4 Å². The van der Waals surface area contributed by atoms with Gasteiger partial charge in [-0.15, -0.1) is 0 Å². The zero-order valence-electron chi connectivity index (χ0n) is 11.4. The minimum absolute atomic E-state index is 0.0619. The second-order valence-corrected chi connectivity index (χ2v) is 4.22. The van der Waals surface area contributed by atoms with Crippen LogP contribution in [0.2, 0.25) is 0 Å². The Balaban J connectivity index is 3.29. The number of carbonyl (C=O) groups is 2. The Hall–Kier alpha value is -2.30. The van der Waals surface area contributed by atoms with Crippen molar-refractivity contribution in [2.75, 3.05) is 7.11 Å². The highest BCUT2D eigenvalue weighted by molar-refractivity contribution is 5.97. The maximum Gasteiger partial charge on any atom is 0.354 e. The average molecular weight is 263 g/mol. The van der Waals surface area contributed by atoms with Gasteiger partial charge in [0.1, 0.15) is 11.4 Å². The number of hydrogen-bond acceptors (Lipinski definition) is 4. The van der Waals surface area contributed by atoms with Crippen LogP contribution in [0.3, 0.4) is 0 Å². The highest BCUT2D eigenvalue weighted by Crippen LogP contribution is 2.22. The van der Waals surface area contributed by atoms with E-state index >= 15 is 0 Å². The van der Waals surface area contributed by atoms with Crippen molar-refractivity contribution in [3.63, 3.8) is 0 Å². The van der Waals surface area contributed by atoms with Gasteiger partial charge in [-0.25, -0.2) is 4.79 Å². The van der Waals surface area contributed by atoms with Crippen LogP contribution in [-0.4, -0.2) is 24.1 Å². The quantitative estimate of drug-likeness (QED) is 0.642. The van der Waals surface area contributed by atoms with Gasteiger partial charge in [-0.3, -0.25) is 4.79 Å². The summed E-state index contributed by atoms with van der Waals surface area (Å²) in [6.45, 7) is 4.93. The first kappa shape index (κ1) is 14.8. The summed E-state index contributed by atoms with van der Waals surface area (Å²) in [7, 11) is 1.24. The Morgan fingerprint density at radius 2 is 1.79 bits per heavy atom. The predicted molar refractivity (Wildman–Crippen MR) is 71.4 cm³/mol. The van der Waals surface area contributed by atoms with Crippen LogP contribution in [0.15, 0.2) is 17.8 Å². The fraction of sp³-hybridized carbons (Fsp3) is 0.286. The Morgan fingerprint density at radius 1 is 1.26 bits per heavy atom. The van der Waals surface area contributed by atoms with Gasteiger partial charge in [-0.2, -0.15) is 0 Å². The molecule has 0 aliphatic rings. The molecule has 0 radical (unpaired) electrons. The predicted octanol–water partition coefficient (Wildman–Crippen LogP) is 1.66. The molecule has 5 nitrogen and oxygen atoms in total. The molecule has 0 unspecified atom stereocenters. The van der Waals surface area contributed by atoms with Crippen LogP contribution in [0.25, 0.3) is 6.08 Å². The number of amides is 1. The second kappa shape index (κ2) is 6.04. The summed E-state index contributed by atoms with van der Waals surface area (Å²) in [4.78, 5) is 22.7. The lowest BCUT2D eigenvalue weighted by Crippen LogP contribution is -2.25. The third-order valence-corrected chi connectivity index (χ3v) is 2.58. The highest BCUT2D eigenvalue weighted by atomic mass is 16.5. The number of phenols is 1. The van der Waals surface area contributed by atoms with Crippen LogP contribution in [0, 0.1) is 13.8 Å². The van der Waals surface area contributed by atoms with Crippen molar-refractivity contribution in [1.82, 2.24) is 5.32 Å². The molecule has 5 heteroatoms. The van der Waals surface area contributed by atoms with Gasteiger partial charge >= 0.3 is 5.97 Å². The number of phenolic OH excluding ortho intramolecular Hbond substituents is 1. The summed E-state index contributed by atoms with van der Waals surface area (Å²) in [6, 6.07) is 3.17. The molecule has 1 rings (SSSR count). The van der Waals surface area contributed by atoms with Gasteiger partial charge in [0.2, 0.25) is 5.91 Å². The summed E-state index contributed by atoms with van der Waals surface area (Å²) in [5.74, 6) is -0.820. The van der Waals surface area contributed by atoms with Gasteiger partial charge in [0.15, 0.2) is 0 Å². The lowest BCUT2D eigenvalue weighted by atomic mass is 10.0. The summed E-state index contributed by atoms with van der Waals surface area (Å²) < 4.78 is 4.62. The maximum atomic E-state index is 11.6. The topological polar surface area (TPSA) is 75.6 Å². The summed E-state index contributed by atoms with van der Waals surface area (Å²) in [5, 5.41) is 11.9. The van der Waals surface area contributed by atoms with Gasteiger partial charge < -0.3 is 15.2 Å². The van der Waals surface area contributed by atoms with Crippen LogP contribution in [-0.2, 0) is 14.3 Å². The van der Waals surface area contributed by atoms with E-state index in [1.165, 1.54) is 20.1 Å². The molecule has 1 aromatic rings. The number of ether oxygens (including phenoxy) is 1.